The molecule has 7 nitrogen and oxygen atoms in total. The van der Waals surface area contributed by atoms with Gasteiger partial charge in [-0.05, 0) is 61.0 Å². The molecule has 37 heavy (non-hydrogen) atoms. The number of aryl methyl sites for hydroxylation is 1. The van der Waals surface area contributed by atoms with Crippen molar-refractivity contribution in [1.29, 1.82) is 0 Å². The Morgan fingerprint density at radius 1 is 0.811 bits per heavy atom. The summed E-state index contributed by atoms with van der Waals surface area (Å²) >= 11 is 12.4. The van der Waals surface area contributed by atoms with Gasteiger partial charge in [-0.3, -0.25) is 14.4 Å². The molecule has 5 rings (SSSR count). The number of rotatable bonds is 5. The van der Waals surface area contributed by atoms with Crippen molar-refractivity contribution < 1.29 is 14.4 Å². The summed E-state index contributed by atoms with van der Waals surface area (Å²) < 4.78 is 0. The normalized spacial score (nSPS) is 16.0. The van der Waals surface area contributed by atoms with Crippen molar-refractivity contribution in [3.63, 3.8) is 0 Å². The SMILES string of the molecule is Cc1ccc(N2C(=O)C(Cl)=C(Nc3ccc(C(=O)N4CCN(c5ccccc5)CC4)cc3)C2=O)cc1Cl. The van der Waals surface area contributed by atoms with E-state index in [-0.39, 0.29) is 16.6 Å². The molecule has 2 aliphatic heterocycles. The highest BCUT2D eigenvalue weighted by molar-refractivity contribution is 6.53. The van der Waals surface area contributed by atoms with Crippen LogP contribution in [0.1, 0.15) is 15.9 Å². The van der Waals surface area contributed by atoms with E-state index in [1.165, 1.54) is 0 Å². The molecular weight excluding hydrogens is 511 g/mol. The Bertz CT molecular complexity index is 1400. The zero-order valence-electron chi connectivity index (χ0n) is 20.1. The van der Waals surface area contributed by atoms with Gasteiger partial charge in [0.05, 0.1) is 5.69 Å². The van der Waals surface area contributed by atoms with Crippen molar-refractivity contribution in [2.45, 2.75) is 6.92 Å². The summed E-state index contributed by atoms with van der Waals surface area (Å²) in [6, 6.07) is 21.9. The second-order valence-corrected chi connectivity index (χ2v) is 9.67. The van der Waals surface area contributed by atoms with E-state index in [2.05, 4.69) is 22.3 Å². The van der Waals surface area contributed by atoms with Crippen molar-refractivity contribution in [2.75, 3.05) is 41.3 Å². The number of nitrogens with zero attached hydrogens (tertiary/aromatic N) is 3. The fraction of sp³-hybridized carbons (Fsp3) is 0.179. The van der Waals surface area contributed by atoms with E-state index in [4.69, 9.17) is 23.2 Å². The molecular formula is C28H24Cl2N4O3. The van der Waals surface area contributed by atoms with Crippen LogP contribution in [0.3, 0.4) is 0 Å². The molecule has 0 bridgehead atoms. The van der Waals surface area contributed by atoms with Crippen LogP contribution in [0.4, 0.5) is 17.1 Å². The van der Waals surface area contributed by atoms with Gasteiger partial charge in [-0.2, -0.15) is 0 Å². The Hall–Kier alpha value is -3.81. The highest BCUT2D eigenvalue weighted by atomic mass is 35.5. The largest absolute Gasteiger partial charge is 0.368 e. The first-order valence-electron chi connectivity index (χ1n) is 11.8. The van der Waals surface area contributed by atoms with Gasteiger partial charge in [-0.15, -0.1) is 0 Å². The fourth-order valence-corrected chi connectivity index (χ4v) is 4.78. The maximum atomic E-state index is 13.0. The number of amides is 3. The molecule has 0 spiro atoms. The predicted octanol–water partition coefficient (Wildman–Crippen LogP) is 5.05. The third kappa shape index (κ3) is 4.92. The van der Waals surface area contributed by atoms with Crippen molar-refractivity contribution in [1.82, 2.24) is 4.90 Å². The third-order valence-electron chi connectivity index (χ3n) is 6.53. The number of hydrogen-bond donors (Lipinski definition) is 1. The van der Waals surface area contributed by atoms with Crippen LogP contribution >= 0.6 is 23.2 Å². The number of para-hydroxylation sites is 1. The smallest absolute Gasteiger partial charge is 0.283 e. The first-order chi connectivity index (χ1) is 17.8. The quantitative estimate of drug-likeness (QED) is 0.464. The Morgan fingerprint density at radius 3 is 2.14 bits per heavy atom. The van der Waals surface area contributed by atoms with Crippen molar-refractivity contribution >= 4 is 58.0 Å². The van der Waals surface area contributed by atoms with E-state index in [0.717, 1.165) is 29.2 Å². The molecule has 1 saturated heterocycles. The minimum Gasteiger partial charge on any atom is -0.368 e. The van der Waals surface area contributed by atoms with Crippen LogP contribution in [0.15, 0.2) is 83.5 Å². The molecule has 0 atom stereocenters. The summed E-state index contributed by atoms with van der Waals surface area (Å²) in [7, 11) is 0. The zero-order chi connectivity index (χ0) is 26.1. The fourth-order valence-electron chi connectivity index (χ4n) is 4.40. The average Bonchev–Trinajstić information content (AvgIpc) is 3.14. The summed E-state index contributed by atoms with van der Waals surface area (Å²) in [5.41, 5.74) is 3.37. The second kappa shape index (κ2) is 10.3. The monoisotopic (exact) mass is 534 g/mol. The van der Waals surface area contributed by atoms with Crippen LogP contribution in [-0.4, -0.2) is 48.8 Å². The lowest BCUT2D eigenvalue weighted by molar-refractivity contribution is -0.120. The molecule has 0 aromatic heterocycles. The minimum atomic E-state index is -0.629. The topological polar surface area (TPSA) is 73.0 Å². The number of piperazine rings is 1. The van der Waals surface area contributed by atoms with Crippen LogP contribution in [0.5, 0.6) is 0 Å². The Labute approximate surface area is 224 Å². The first-order valence-corrected chi connectivity index (χ1v) is 12.6. The van der Waals surface area contributed by atoms with E-state index in [9.17, 15) is 14.4 Å². The molecule has 0 radical (unpaired) electrons. The molecule has 9 heteroatoms. The van der Waals surface area contributed by atoms with Gasteiger partial charge in [0.15, 0.2) is 0 Å². The molecule has 3 amide bonds. The summed E-state index contributed by atoms with van der Waals surface area (Å²) in [6.45, 7) is 4.62. The summed E-state index contributed by atoms with van der Waals surface area (Å²) in [5, 5.41) is 3.17. The van der Waals surface area contributed by atoms with E-state index in [1.807, 2.05) is 30.0 Å². The molecule has 1 fully saturated rings. The number of imide groups is 1. The molecule has 3 aromatic rings. The Balaban J connectivity index is 1.24. The van der Waals surface area contributed by atoms with Gasteiger partial charge in [-0.1, -0.05) is 47.5 Å². The van der Waals surface area contributed by atoms with Crippen molar-refractivity contribution in [3.05, 3.63) is 99.7 Å². The molecule has 188 valence electrons. The van der Waals surface area contributed by atoms with E-state index in [1.54, 1.807) is 42.5 Å². The first kappa shape index (κ1) is 24.9. The van der Waals surface area contributed by atoms with Gasteiger partial charge in [0.25, 0.3) is 17.7 Å². The van der Waals surface area contributed by atoms with Gasteiger partial charge >= 0.3 is 0 Å². The Kier molecular flexibility index (Phi) is 6.91. The van der Waals surface area contributed by atoms with Gasteiger partial charge in [0.2, 0.25) is 0 Å². The highest BCUT2D eigenvalue weighted by Crippen LogP contribution is 2.32. The second-order valence-electron chi connectivity index (χ2n) is 8.89. The average molecular weight is 535 g/mol. The summed E-state index contributed by atoms with van der Waals surface area (Å²) in [5.74, 6) is -1.26. The minimum absolute atomic E-state index is 0.0283. The van der Waals surface area contributed by atoms with E-state index < -0.39 is 11.8 Å². The maximum absolute atomic E-state index is 13.0. The van der Waals surface area contributed by atoms with Crippen molar-refractivity contribution in [2.24, 2.45) is 0 Å². The van der Waals surface area contributed by atoms with Gasteiger partial charge in [-0.25, -0.2) is 4.90 Å². The number of carbonyl (C=O) groups excluding carboxylic acids is 3. The number of halogens is 2. The highest BCUT2D eigenvalue weighted by Gasteiger charge is 2.39. The molecule has 2 heterocycles. The molecule has 2 aliphatic rings. The van der Waals surface area contributed by atoms with E-state index in [0.29, 0.717) is 35.1 Å². The number of benzene rings is 3. The molecule has 0 aliphatic carbocycles. The number of carbonyl (C=O) groups is 3. The number of hydrogen-bond acceptors (Lipinski definition) is 5. The van der Waals surface area contributed by atoms with Gasteiger partial charge in [0.1, 0.15) is 10.7 Å². The van der Waals surface area contributed by atoms with Crippen LogP contribution in [-0.2, 0) is 9.59 Å². The Morgan fingerprint density at radius 2 is 1.49 bits per heavy atom. The van der Waals surface area contributed by atoms with Crippen molar-refractivity contribution in [3.8, 4) is 0 Å². The molecule has 0 saturated carbocycles. The van der Waals surface area contributed by atoms with Crippen LogP contribution in [0.2, 0.25) is 5.02 Å². The number of nitrogens with one attached hydrogen (secondary N) is 1. The molecule has 1 N–H and O–H groups in total. The maximum Gasteiger partial charge on any atom is 0.283 e. The third-order valence-corrected chi connectivity index (χ3v) is 7.29. The summed E-state index contributed by atoms with van der Waals surface area (Å²) in [6.07, 6.45) is 0. The van der Waals surface area contributed by atoms with Gasteiger partial charge < -0.3 is 15.1 Å². The van der Waals surface area contributed by atoms with Crippen LogP contribution in [0.25, 0.3) is 0 Å². The van der Waals surface area contributed by atoms with Crippen LogP contribution in [0, 0.1) is 6.92 Å². The molecule has 0 unspecified atom stereocenters. The van der Waals surface area contributed by atoms with E-state index >= 15 is 0 Å². The molecule has 3 aromatic carbocycles. The standard InChI is InChI=1S/C28H24Cl2N4O3/c1-18-7-12-22(17-23(18)29)34-27(36)24(30)25(28(34)37)31-20-10-8-19(9-11-20)26(35)33-15-13-32(14-16-33)21-5-3-2-4-6-21/h2-12,17,31H,13-16H2,1H3. The number of anilines is 3. The van der Waals surface area contributed by atoms with Crippen LogP contribution < -0.4 is 15.1 Å². The lowest BCUT2D eigenvalue weighted by Crippen LogP contribution is -2.48. The predicted molar refractivity (Wildman–Crippen MR) is 146 cm³/mol. The summed E-state index contributed by atoms with van der Waals surface area (Å²) in [4.78, 5) is 43.9. The lowest BCUT2D eigenvalue weighted by Gasteiger charge is -2.36. The zero-order valence-corrected chi connectivity index (χ0v) is 21.6. The lowest BCUT2D eigenvalue weighted by atomic mass is 10.1. The van der Waals surface area contributed by atoms with Gasteiger partial charge in [0, 0.05) is 48.1 Å².